The molecular formula is C23H25N. The summed E-state index contributed by atoms with van der Waals surface area (Å²) in [6, 6.07) is 18.8. The number of aryl methyl sites for hydroxylation is 1. The van der Waals surface area contributed by atoms with Gasteiger partial charge in [0.1, 0.15) is 0 Å². The zero-order valence-electron chi connectivity index (χ0n) is 14.7. The van der Waals surface area contributed by atoms with Gasteiger partial charge in [0, 0.05) is 17.1 Å². The topological polar surface area (TPSA) is 3.24 Å². The van der Waals surface area contributed by atoms with Gasteiger partial charge in [0.25, 0.3) is 0 Å². The highest BCUT2D eigenvalue weighted by atomic mass is 15.2. The standard InChI is InChI=1S/C23H25N/c1-5-7-9-12-22(6-2)24(23-13-10-8-11-14-23)20(4)21-17-15-19(3)16-18-21/h5-18H,4H2,1-3H3/b7-5-,12-9-,22-6-. The first-order valence-electron chi connectivity index (χ1n) is 8.24. The molecule has 0 fully saturated rings. The zero-order valence-corrected chi connectivity index (χ0v) is 14.7. The van der Waals surface area contributed by atoms with Gasteiger partial charge >= 0.3 is 0 Å². The molecule has 122 valence electrons. The SMILES string of the molecule is C=C(c1ccc(C)cc1)N(C(/C=C\C=C/C)=C\C)c1ccccc1. The van der Waals surface area contributed by atoms with Crippen LogP contribution in [-0.4, -0.2) is 0 Å². The molecular weight excluding hydrogens is 290 g/mol. The highest BCUT2D eigenvalue weighted by molar-refractivity contribution is 5.82. The van der Waals surface area contributed by atoms with Gasteiger partial charge in [-0.2, -0.15) is 0 Å². The highest BCUT2D eigenvalue weighted by Gasteiger charge is 2.14. The maximum atomic E-state index is 4.36. The van der Waals surface area contributed by atoms with Crippen LogP contribution >= 0.6 is 0 Å². The fraction of sp³-hybridized carbons (Fsp3) is 0.130. The van der Waals surface area contributed by atoms with Crippen LogP contribution in [0.1, 0.15) is 25.0 Å². The number of anilines is 1. The molecule has 0 bridgehead atoms. The van der Waals surface area contributed by atoms with E-state index in [1.807, 2.05) is 50.3 Å². The third kappa shape index (κ3) is 4.36. The average molecular weight is 315 g/mol. The molecule has 0 aliphatic rings. The van der Waals surface area contributed by atoms with Gasteiger partial charge in [0.15, 0.2) is 0 Å². The van der Waals surface area contributed by atoms with Gasteiger partial charge in [0.05, 0.1) is 0 Å². The summed E-state index contributed by atoms with van der Waals surface area (Å²) in [5.41, 5.74) is 5.51. The van der Waals surface area contributed by atoms with E-state index in [2.05, 4.69) is 67.0 Å². The van der Waals surface area contributed by atoms with Crippen molar-refractivity contribution in [2.24, 2.45) is 0 Å². The third-order valence-corrected chi connectivity index (χ3v) is 3.79. The highest BCUT2D eigenvalue weighted by Crippen LogP contribution is 2.30. The lowest BCUT2D eigenvalue weighted by Gasteiger charge is -2.28. The normalized spacial score (nSPS) is 12.0. The van der Waals surface area contributed by atoms with E-state index in [9.17, 15) is 0 Å². The minimum absolute atomic E-state index is 0.958. The Balaban J connectivity index is 2.46. The zero-order chi connectivity index (χ0) is 17.4. The fourth-order valence-electron chi connectivity index (χ4n) is 2.48. The van der Waals surface area contributed by atoms with Crippen molar-refractivity contribution in [2.75, 3.05) is 4.90 Å². The predicted molar refractivity (Wildman–Crippen MR) is 107 cm³/mol. The second-order valence-electron chi connectivity index (χ2n) is 5.58. The van der Waals surface area contributed by atoms with Crippen molar-refractivity contribution in [3.05, 3.63) is 108 Å². The summed E-state index contributed by atoms with van der Waals surface area (Å²) in [5.74, 6) is 0. The van der Waals surface area contributed by atoms with E-state index in [1.165, 1.54) is 5.56 Å². The molecule has 0 saturated carbocycles. The number of rotatable bonds is 6. The van der Waals surface area contributed by atoms with Crippen LogP contribution in [0.25, 0.3) is 5.70 Å². The van der Waals surface area contributed by atoms with E-state index >= 15 is 0 Å². The first-order chi connectivity index (χ1) is 11.7. The molecule has 24 heavy (non-hydrogen) atoms. The molecule has 0 aromatic heterocycles. The minimum Gasteiger partial charge on any atom is -0.311 e. The van der Waals surface area contributed by atoms with Gasteiger partial charge in [-0.05, 0) is 44.5 Å². The number of nitrogens with zero attached hydrogens (tertiary/aromatic N) is 1. The van der Waals surface area contributed by atoms with Gasteiger partial charge in [-0.3, -0.25) is 0 Å². The first-order valence-corrected chi connectivity index (χ1v) is 8.24. The van der Waals surface area contributed by atoms with Crippen LogP contribution in [0.15, 0.2) is 97.3 Å². The molecule has 0 heterocycles. The summed E-state index contributed by atoms with van der Waals surface area (Å²) in [6.07, 6.45) is 10.3. The molecule has 0 unspecified atom stereocenters. The van der Waals surface area contributed by atoms with Crippen LogP contribution < -0.4 is 4.90 Å². The van der Waals surface area contributed by atoms with Gasteiger partial charge in [-0.15, -0.1) is 0 Å². The van der Waals surface area contributed by atoms with Crippen LogP contribution in [0.4, 0.5) is 5.69 Å². The second-order valence-corrected chi connectivity index (χ2v) is 5.58. The van der Waals surface area contributed by atoms with E-state index < -0.39 is 0 Å². The number of benzene rings is 2. The maximum absolute atomic E-state index is 4.36. The Morgan fingerprint density at radius 2 is 1.58 bits per heavy atom. The molecule has 2 aromatic rings. The summed E-state index contributed by atoms with van der Waals surface area (Å²) in [6.45, 7) is 10.5. The van der Waals surface area contributed by atoms with Crippen molar-refractivity contribution in [1.82, 2.24) is 0 Å². The van der Waals surface area contributed by atoms with E-state index in [0.717, 1.165) is 22.6 Å². The maximum Gasteiger partial charge on any atom is 0.0462 e. The van der Waals surface area contributed by atoms with Crippen LogP contribution in [0.3, 0.4) is 0 Å². The van der Waals surface area contributed by atoms with Crippen molar-refractivity contribution >= 4 is 11.4 Å². The van der Waals surface area contributed by atoms with Crippen molar-refractivity contribution in [1.29, 1.82) is 0 Å². The summed E-state index contributed by atoms with van der Waals surface area (Å²) in [4.78, 5) is 2.19. The summed E-state index contributed by atoms with van der Waals surface area (Å²) in [7, 11) is 0. The average Bonchev–Trinajstić information content (AvgIpc) is 2.62. The molecule has 0 radical (unpaired) electrons. The summed E-state index contributed by atoms with van der Waals surface area (Å²) < 4.78 is 0. The second kappa shape index (κ2) is 8.73. The number of allylic oxidation sites excluding steroid dienone is 5. The number of hydrogen-bond acceptors (Lipinski definition) is 1. The van der Waals surface area contributed by atoms with E-state index in [0.29, 0.717) is 0 Å². The molecule has 0 N–H and O–H groups in total. The molecule has 0 spiro atoms. The molecule has 0 aliphatic heterocycles. The van der Waals surface area contributed by atoms with E-state index in [-0.39, 0.29) is 0 Å². The van der Waals surface area contributed by atoms with Gasteiger partial charge in [-0.1, -0.05) is 78.9 Å². The molecule has 1 nitrogen and oxygen atoms in total. The molecule has 0 atom stereocenters. The van der Waals surface area contributed by atoms with E-state index in [1.54, 1.807) is 0 Å². The van der Waals surface area contributed by atoms with Crippen molar-refractivity contribution in [3.63, 3.8) is 0 Å². The van der Waals surface area contributed by atoms with E-state index in [4.69, 9.17) is 0 Å². The third-order valence-electron chi connectivity index (χ3n) is 3.79. The van der Waals surface area contributed by atoms with Crippen LogP contribution in [0.5, 0.6) is 0 Å². The van der Waals surface area contributed by atoms with Crippen molar-refractivity contribution < 1.29 is 0 Å². The lowest BCUT2D eigenvalue weighted by molar-refractivity contribution is 1.21. The molecule has 2 rings (SSSR count). The van der Waals surface area contributed by atoms with Crippen LogP contribution in [0.2, 0.25) is 0 Å². The number of para-hydroxylation sites is 1. The molecule has 1 heteroatoms. The quantitative estimate of drug-likeness (QED) is 0.549. The van der Waals surface area contributed by atoms with Crippen LogP contribution in [0, 0.1) is 6.92 Å². The monoisotopic (exact) mass is 315 g/mol. The Kier molecular flexibility index (Phi) is 6.39. The molecule has 0 aliphatic carbocycles. The summed E-state index contributed by atoms with van der Waals surface area (Å²) >= 11 is 0. The molecule has 0 amide bonds. The number of hydrogen-bond donors (Lipinski definition) is 0. The van der Waals surface area contributed by atoms with Gasteiger partial charge < -0.3 is 4.90 Å². The summed E-state index contributed by atoms with van der Waals surface area (Å²) in [5, 5.41) is 0. The first kappa shape index (κ1) is 17.6. The lowest BCUT2D eigenvalue weighted by Crippen LogP contribution is -2.19. The van der Waals surface area contributed by atoms with Gasteiger partial charge in [0.2, 0.25) is 0 Å². The lowest BCUT2D eigenvalue weighted by atomic mass is 10.1. The Morgan fingerprint density at radius 1 is 0.917 bits per heavy atom. The smallest absolute Gasteiger partial charge is 0.0462 e. The Morgan fingerprint density at radius 3 is 2.17 bits per heavy atom. The molecule has 2 aromatic carbocycles. The largest absolute Gasteiger partial charge is 0.311 e. The van der Waals surface area contributed by atoms with Gasteiger partial charge in [-0.25, -0.2) is 0 Å². The molecule has 0 saturated heterocycles. The Bertz CT molecular complexity index is 746. The minimum atomic E-state index is 0.958. The Labute approximate surface area is 146 Å². The Hall–Kier alpha value is -2.80. The predicted octanol–water partition coefficient (Wildman–Crippen LogP) is 6.51. The van der Waals surface area contributed by atoms with Crippen molar-refractivity contribution in [3.8, 4) is 0 Å². The van der Waals surface area contributed by atoms with Crippen LogP contribution in [-0.2, 0) is 0 Å². The van der Waals surface area contributed by atoms with Crippen molar-refractivity contribution in [2.45, 2.75) is 20.8 Å². The fourth-order valence-corrected chi connectivity index (χ4v) is 2.48.